The molecule has 0 saturated heterocycles. The van der Waals surface area contributed by atoms with Crippen molar-refractivity contribution in [2.75, 3.05) is 13.7 Å². The lowest BCUT2D eigenvalue weighted by molar-refractivity contribution is 0.0944. The number of methoxy groups -OCH3 is 1. The van der Waals surface area contributed by atoms with Gasteiger partial charge in [0.25, 0.3) is 5.91 Å². The number of aromatic nitrogens is 1. The van der Waals surface area contributed by atoms with Gasteiger partial charge in [0.05, 0.1) is 7.11 Å². The molecule has 1 heterocycles. The molecule has 1 aromatic rings. The van der Waals surface area contributed by atoms with Crippen LogP contribution >= 0.6 is 0 Å². The molecule has 88 valence electrons. The second kappa shape index (κ2) is 6.82. The number of nitrogens with zero attached hydrogens (tertiary/aromatic N) is 1. The Morgan fingerprint density at radius 1 is 1.50 bits per heavy atom. The van der Waals surface area contributed by atoms with Crippen LogP contribution in [0.5, 0.6) is 5.75 Å². The summed E-state index contributed by atoms with van der Waals surface area (Å²) in [7, 11) is 1.53. The fraction of sp³-hybridized carbons (Fsp3) is 0.500. The van der Waals surface area contributed by atoms with Crippen molar-refractivity contribution in [2.24, 2.45) is 0 Å². The van der Waals surface area contributed by atoms with Crippen molar-refractivity contribution in [1.82, 2.24) is 10.3 Å². The summed E-state index contributed by atoms with van der Waals surface area (Å²) < 4.78 is 5.07. The van der Waals surface area contributed by atoms with Crippen LogP contribution in [0.2, 0.25) is 0 Å². The van der Waals surface area contributed by atoms with E-state index in [1.165, 1.54) is 7.11 Å². The lowest BCUT2D eigenvalue weighted by atomic mass is 10.2. The van der Waals surface area contributed by atoms with Crippen LogP contribution in [0.3, 0.4) is 0 Å². The molecule has 16 heavy (non-hydrogen) atoms. The first-order valence-corrected chi connectivity index (χ1v) is 5.56. The molecule has 0 aliphatic carbocycles. The van der Waals surface area contributed by atoms with E-state index >= 15 is 0 Å². The van der Waals surface area contributed by atoms with Crippen molar-refractivity contribution in [1.29, 1.82) is 0 Å². The summed E-state index contributed by atoms with van der Waals surface area (Å²) in [5, 5.41) is 2.83. The first-order valence-electron chi connectivity index (χ1n) is 5.56. The topological polar surface area (TPSA) is 51.2 Å². The number of hydrogen-bond donors (Lipinski definition) is 1. The molecule has 1 rings (SSSR count). The zero-order valence-corrected chi connectivity index (χ0v) is 9.82. The summed E-state index contributed by atoms with van der Waals surface area (Å²) >= 11 is 0. The van der Waals surface area contributed by atoms with E-state index in [2.05, 4.69) is 17.2 Å². The van der Waals surface area contributed by atoms with E-state index in [0.717, 1.165) is 19.3 Å². The van der Waals surface area contributed by atoms with E-state index in [0.29, 0.717) is 18.0 Å². The summed E-state index contributed by atoms with van der Waals surface area (Å²) in [5.74, 6) is 0.337. The fourth-order valence-electron chi connectivity index (χ4n) is 1.39. The number of nitrogens with one attached hydrogen (secondary N) is 1. The summed E-state index contributed by atoms with van der Waals surface area (Å²) in [6.45, 7) is 2.82. The molecule has 0 aromatic carbocycles. The zero-order valence-electron chi connectivity index (χ0n) is 9.82. The van der Waals surface area contributed by atoms with Gasteiger partial charge in [-0.05, 0) is 18.6 Å². The maximum Gasteiger partial charge on any atom is 0.273 e. The molecule has 0 radical (unpaired) electrons. The van der Waals surface area contributed by atoms with Crippen LogP contribution in [-0.4, -0.2) is 24.5 Å². The SMILES string of the molecule is CCCCCNC(=O)c1ncccc1OC. The third-order valence-corrected chi connectivity index (χ3v) is 2.27. The Bertz CT molecular complexity index is 340. The highest BCUT2D eigenvalue weighted by molar-refractivity contribution is 5.94. The van der Waals surface area contributed by atoms with Gasteiger partial charge in [-0.2, -0.15) is 0 Å². The number of amides is 1. The minimum absolute atomic E-state index is 0.173. The average molecular weight is 222 g/mol. The number of unbranched alkanes of at least 4 members (excludes halogenated alkanes) is 2. The van der Waals surface area contributed by atoms with Gasteiger partial charge in [0.15, 0.2) is 5.69 Å². The highest BCUT2D eigenvalue weighted by Gasteiger charge is 2.11. The molecule has 0 unspecified atom stereocenters. The van der Waals surface area contributed by atoms with Gasteiger partial charge >= 0.3 is 0 Å². The van der Waals surface area contributed by atoms with Gasteiger partial charge in [-0.25, -0.2) is 4.98 Å². The largest absolute Gasteiger partial charge is 0.494 e. The minimum Gasteiger partial charge on any atom is -0.494 e. The van der Waals surface area contributed by atoms with E-state index in [9.17, 15) is 4.79 Å². The number of hydrogen-bond acceptors (Lipinski definition) is 3. The van der Waals surface area contributed by atoms with Crippen molar-refractivity contribution in [2.45, 2.75) is 26.2 Å². The monoisotopic (exact) mass is 222 g/mol. The van der Waals surface area contributed by atoms with Crippen LogP contribution in [0.4, 0.5) is 0 Å². The standard InChI is InChI=1S/C12H18N2O2/c1-3-4-5-8-14-12(15)11-10(16-2)7-6-9-13-11/h6-7,9H,3-5,8H2,1-2H3,(H,14,15). The molecule has 0 bridgehead atoms. The fourth-order valence-corrected chi connectivity index (χ4v) is 1.39. The number of pyridine rings is 1. The maximum atomic E-state index is 11.7. The van der Waals surface area contributed by atoms with Crippen molar-refractivity contribution < 1.29 is 9.53 Å². The Balaban J connectivity index is 2.52. The number of rotatable bonds is 6. The molecule has 1 amide bonds. The highest BCUT2D eigenvalue weighted by atomic mass is 16.5. The average Bonchev–Trinajstić information content (AvgIpc) is 2.34. The molecular weight excluding hydrogens is 204 g/mol. The Morgan fingerprint density at radius 2 is 2.31 bits per heavy atom. The van der Waals surface area contributed by atoms with E-state index in [-0.39, 0.29) is 5.91 Å². The first kappa shape index (κ1) is 12.5. The predicted molar refractivity (Wildman–Crippen MR) is 62.6 cm³/mol. The Morgan fingerprint density at radius 3 is 3.00 bits per heavy atom. The van der Waals surface area contributed by atoms with Crippen LogP contribution in [0.25, 0.3) is 0 Å². The van der Waals surface area contributed by atoms with Crippen molar-refractivity contribution in [3.63, 3.8) is 0 Å². The molecule has 1 N–H and O–H groups in total. The Kier molecular flexibility index (Phi) is 5.32. The highest BCUT2D eigenvalue weighted by Crippen LogP contribution is 2.13. The number of carbonyl (C=O) groups excluding carboxylic acids is 1. The molecule has 0 spiro atoms. The van der Waals surface area contributed by atoms with Gasteiger partial charge < -0.3 is 10.1 Å². The number of carbonyl (C=O) groups is 1. The van der Waals surface area contributed by atoms with Crippen LogP contribution in [0.15, 0.2) is 18.3 Å². The van der Waals surface area contributed by atoms with E-state index < -0.39 is 0 Å². The smallest absolute Gasteiger partial charge is 0.273 e. The van der Waals surface area contributed by atoms with Crippen molar-refractivity contribution in [3.8, 4) is 5.75 Å². The van der Waals surface area contributed by atoms with Crippen molar-refractivity contribution in [3.05, 3.63) is 24.0 Å². The summed E-state index contributed by atoms with van der Waals surface area (Å²) in [5.41, 5.74) is 0.349. The number of ether oxygens (including phenoxy) is 1. The van der Waals surface area contributed by atoms with Gasteiger partial charge in [0.1, 0.15) is 5.75 Å². The Hall–Kier alpha value is -1.58. The molecule has 1 aromatic heterocycles. The normalized spacial score (nSPS) is 9.88. The molecule has 0 saturated carbocycles. The third kappa shape index (κ3) is 3.53. The second-order valence-corrected chi connectivity index (χ2v) is 3.52. The molecule has 0 atom stereocenters. The zero-order chi connectivity index (χ0) is 11.8. The van der Waals surface area contributed by atoms with Crippen LogP contribution in [-0.2, 0) is 0 Å². The third-order valence-electron chi connectivity index (χ3n) is 2.27. The van der Waals surface area contributed by atoms with Crippen LogP contribution in [0.1, 0.15) is 36.7 Å². The van der Waals surface area contributed by atoms with Gasteiger partial charge in [-0.3, -0.25) is 4.79 Å². The lowest BCUT2D eigenvalue weighted by Crippen LogP contribution is -2.25. The first-order chi connectivity index (χ1) is 7.79. The van der Waals surface area contributed by atoms with Gasteiger partial charge in [0, 0.05) is 12.7 Å². The lowest BCUT2D eigenvalue weighted by Gasteiger charge is -2.07. The molecule has 4 heteroatoms. The van der Waals surface area contributed by atoms with Gasteiger partial charge in [0.2, 0.25) is 0 Å². The molecule has 0 fully saturated rings. The quantitative estimate of drug-likeness (QED) is 0.749. The van der Waals surface area contributed by atoms with Crippen molar-refractivity contribution >= 4 is 5.91 Å². The van der Waals surface area contributed by atoms with Crippen LogP contribution in [0, 0.1) is 0 Å². The summed E-state index contributed by atoms with van der Waals surface area (Å²) in [6.07, 6.45) is 4.85. The molecular formula is C12H18N2O2. The molecule has 0 aliphatic heterocycles. The van der Waals surface area contributed by atoms with E-state index in [4.69, 9.17) is 4.74 Å². The van der Waals surface area contributed by atoms with Gasteiger partial charge in [-0.15, -0.1) is 0 Å². The summed E-state index contributed by atoms with van der Waals surface area (Å²) in [6, 6.07) is 3.47. The molecule has 4 nitrogen and oxygen atoms in total. The maximum absolute atomic E-state index is 11.7. The van der Waals surface area contributed by atoms with E-state index in [1.54, 1.807) is 18.3 Å². The second-order valence-electron chi connectivity index (χ2n) is 3.52. The summed E-state index contributed by atoms with van der Waals surface area (Å²) in [4.78, 5) is 15.7. The van der Waals surface area contributed by atoms with Crippen LogP contribution < -0.4 is 10.1 Å². The predicted octanol–water partition coefficient (Wildman–Crippen LogP) is 2.01. The molecule has 0 aliphatic rings. The Labute approximate surface area is 96.0 Å². The van der Waals surface area contributed by atoms with Gasteiger partial charge in [-0.1, -0.05) is 19.8 Å². The minimum atomic E-state index is -0.173. The van der Waals surface area contributed by atoms with E-state index in [1.807, 2.05) is 0 Å².